The van der Waals surface area contributed by atoms with E-state index in [1.807, 2.05) is 6.07 Å². The first-order valence-corrected chi connectivity index (χ1v) is 7.99. The van der Waals surface area contributed by atoms with Crippen LogP contribution in [0.4, 0.5) is 0 Å². The van der Waals surface area contributed by atoms with Gasteiger partial charge in [-0.05, 0) is 42.0 Å². The van der Waals surface area contributed by atoms with Gasteiger partial charge in [-0.2, -0.15) is 5.26 Å². The molecule has 2 aromatic carbocycles. The highest BCUT2D eigenvalue weighted by Gasteiger charge is 2.24. The molecule has 2 aromatic rings. The summed E-state index contributed by atoms with van der Waals surface area (Å²) in [5.74, 6) is 1.20. The van der Waals surface area contributed by atoms with Gasteiger partial charge < -0.3 is 18.9 Å². The predicted octanol–water partition coefficient (Wildman–Crippen LogP) is 2.95. The number of hydrogen-bond acceptors (Lipinski definition) is 7. The van der Waals surface area contributed by atoms with E-state index in [2.05, 4.69) is 4.99 Å². The number of esters is 1. The summed E-state index contributed by atoms with van der Waals surface area (Å²) in [6.45, 7) is -0.0860. The molecule has 0 saturated heterocycles. The summed E-state index contributed by atoms with van der Waals surface area (Å²) < 4.78 is 21.0. The van der Waals surface area contributed by atoms with Crippen molar-refractivity contribution in [2.75, 3.05) is 20.8 Å². The van der Waals surface area contributed by atoms with E-state index >= 15 is 0 Å². The van der Waals surface area contributed by atoms with Crippen LogP contribution < -0.4 is 14.2 Å². The van der Waals surface area contributed by atoms with Gasteiger partial charge in [0.1, 0.15) is 11.8 Å². The van der Waals surface area contributed by atoms with E-state index in [0.29, 0.717) is 28.4 Å². The Morgan fingerprint density at radius 2 is 2.00 bits per heavy atom. The Kier molecular flexibility index (Phi) is 5.38. The fraction of sp³-hybridized carbons (Fsp3) is 0.150. The highest BCUT2D eigenvalue weighted by Crippen LogP contribution is 2.30. The molecule has 0 aromatic heterocycles. The molecule has 0 N–H and O–H groups in total. The number of carbonyl (C=O) groups is 1. The first-order chi connectivity index (χ1) is 13.1. The smallest absolute Gasteiger partial charge is 0.363 e. The monoisotopic (exact) mass is 364 g/mol. The van der Waals surface area contributed by atoms with Crippen molar-refractivity contribution >= 4 is 17.9 Å². The molecule has 27 heavy (non-hydrogen) atoms. The van der Waals surface area contributed by atoms with Gasteiger partial charge in [0, 0.05) is 5.56 Å². The van der Waals surface area contributed by atoms with E-state index in [0.717, 1.165) is 0 Å². The molecule has 0 amide bonds. The Bertz CT molecular complexity index is 973. The van der Waals surface area contributed by atoms with Gasteiger partial charge in [-0.25, -0.2) is 9.79 Å². The Hall–Kier alpha value is -3.79. The van der Waals surface area contributed by atoms with Gasteiger partial charge in [-0.15, -0.1) is 0 Å². The molecule has 1 heterocycles. The second-order valence-electron chi connectivity index (χ2n) is 5.43. The molecule has 0 fully saturated rings. The maximum absolute atomic E-state index is 12.2. The zero-order valence-corrected chi connectivity index (χ0v) is 14.8. The van der Waals surface area contributed by atoms with E-state index in [1.54, 1.807) is 55.7 Å². The number of rotatable bonds is 6. The number of nitrogens with zero attached hydrogens (tertiary/aromatic N) is 2. The zero-order chi connectivity index (χ0) is 19.2. The fourth-order valence-corrected chi connectivity index (χ4v) is 2.45. The number of nitriles is 1. The average molecular weight is 364 g/mol. The summed E-state index contributed by atoms with van der Waals surface area (Å²) in [4.78, 5) is 16.4. The molecule has 0 aliphatic carbocycles. The molecule has 1 aliphatic heterocycles. The van der Waals surface area contributed by atoms with E-state index < -0.39 is 5.97 Å². The van der Waals surface area contributed by atoms with Crippen molar-refractivity contribution in [3.05, 3.63) is 59.3 Å². The summed E-state index contributed by atoms with van der Waals surface area (Å²) in [7, 11) is 3.05. The first-order valence-electron chi connectivity index (χ1n) is 7.99. The number of carbonyl (C=O) groups excluding carboxylic acids is 1. The summed E-state index contributed by atoms with van der Waals surface area (Å²) in [6, 6.07) is 14.1. The van der Waals surface area contributed by atoms with Crippen molar-refractivity contribution in [3.8, 4) is 23.3 Å². The third kappa shape index (κ3) is 4.07. The van der Waals surface area contributed by atoms with Crippen LogP contribution in [0.2, 0.25) is 0 Å². The SMILES string of the molecule is COc1cccc(C2=N/C(=C\c3ccc(OCC#N)c(OC)c3)C(=O)O2)c1. The highest BCUT2D eigenvalue weighted by atomic mass is 16.6. The summed E-state index contributed by atoms with van der Waals surface area (Å²) in [5, 5.41) is 8.62. The molecule has 1 aliphatic rings. The predicted molar refractivity (Wildman–Crippen MR) is 97.7 cm³/mol. The molecular formula is C20H16N2O5. The largest absolute Gasteiger partial charge is 0.497 e. The van der Waals surface area contributed by atoms with Crippen molar-refractivity contribution in [3.63, 3.8) is 0 Å². The van der Waals surface area contributed by atoms with Crippen LogP contribution in [0.15, 0.2) is 53.2 Å². The third-order valence-corrected chi connectivity index (χ3v) is 3.72. The minimum absolute atomic E-state index is 0.0860. The van der Waals surface area contributed by atoms with E-state index in [1.165, 1.54) is 7.11 Å². The second kappa shape index (κ2) is 8.06. The standard InChI is InChI=1S/C20H16N2O5/c1-24-15-5-3-4-14(12-15)19-22-16(20(23)27-19)10-13-6-7-17(26-9-8-21)18(11-13)25-2/h3-7,10-12H,9H2,1-2H3/b16-10-. The number of hydrogen-bond donors (Lipinski definition) is 0. The minimum atomic E-state index is -0.545. The Morgan fingerprint density at radius 1 is 1.15 bits per heavy atom. The maximum atomic E-state index is 12.2. The van der Waals surface area contributed by atoms with Crippen LogP contribution in [0.5, 0.6) is 17.2 Å². The lowest BCUT2D eigenvalue weighted by molar-refractivity contribution is -0.129. The van der Waals surface area contributed by atoms with Gasteiger partial charge in [0.25, 0.3) is 0 Å². The molecule has 0 radical (unpaired) electrons. The molecular weight excluding hydrogens is 348 g/mol. The summed E-state index contributed by atoms with van der Waals surface area (Å²) in [5.41, 5.74) is 1.49. The number of methoxy groups -OCH3 is 2. The lowest BCUT2D eigenvalue weighted by Gasteiger charge is -2.08. The average Bonchev–Trinajstić information content (AvgIpc) is 3.07. The summed E-state index contributed by atoms with van der Waals surface area (Å²) >= 11 is 0. The van der Waals surface area contributed by atoms with Crippen LogP contribution in [0.25, 0.3) is 6.08 Å². The minimum Gasteiger partial charge on any atom is -0.497 e. The van der Waals surface area contributed by atoms with Crippen LogP contribution in [-0.2, 0) is 9.53 Å². The number of ether oxygens (including phenoxy) is 4. The quantitative estimate of drug-likeness (QED) is 0.578. The van der Waals surface area contributed by atoms with Crippen LogP contribution in [0, 0.1) is 11.3 Å². The Morgan fingerprint density at radius 3 is 2.74 bits per heavy atom. The molecule has 0 saturated carbocycles. The Labute approximate surface area is 156 Å². The molecule has 136 valence electrons. The van der Waals surface area contributed by atoms with Crippen LogP contribution in [0.3, 0.4) is 0 Å². The van der Waals surface area contributed by atoms with Crippen molar-refractivity contribution in [1.29, 1.82) is 5.26 Å². The van der Waals surface area contributed by atoms with Gasteiger partial charge in [0.2, 0.25) is 5.90 Å². The molecule has 0 bridgehead atoms. The molecule has 7 heteroatoms. The molecule has 0 spiro atoms. The lowest BCUT2D eigenvalue weighted by Crippen LogP contribution is -2.05. The zero-order valence-electron chi connectivity index (χ0n) is 14.8. The van der Waals surface area contributed by atoms with Crippen LogP contribution in [0.1, 0.15) is 11.1 Å². The fourth-order valence-electron chi connectivity index (χ4n) is 2.45. The number of aliphatic imine (C=N–C) groups is 1. The number of cyclic esters (lactones) is 1. The second-order valence-corrected chi connectivity index (χ2v) is 5.43. The normalized spacial score (nSPS) is 14.3. The van der Waals surface area contributed by atoms with Crippen LogP contribution in [-0.4, -0.2) is 32.7 Å². The van der Waals surface area contributed by atoms with E-state index in [9.17, 15) is 4.79 Å². The van der Waals surface area contributed by atoms with Crippen LogP contribution >= 0.6 is 0 Å². The van der Waals surface area contributed by atoms with Crippen molar-refractivity contribution in [2.45, 2.75) is 0 Å². The summed E-state index contributed by atoms with van der Waals surface area (Å²) in [6.07, 6.45) is 1.59. The highest BCUT2D eigenvalue weighted by molar-refractivity contribution is 6.13. The van der Waals surface area contributed by atoms with Gasteiger partial charge >= 0.3 is 5.97 Å². The molecule has 7 nitrogen and oxygen atoms in total. The topological polar surface area (TPSA) is 90.1 Å². The molecule has 0 unspecified atom stereocenters. The van der Waals surface area contributed by atoms with E-state index in [-0.39, 0.29) is 18.2 Å². The molecule has 0 atom stereocenters. The third-order valence-electron chi connectivity index (χ3n) is 3.72. The van der Waals surface area contributed by atoms with Gasteiger partial charge in [-0.3, -0.25) is 0 Å². The maximum Gasteiger partial charge on any atom is 0.363 e. The number of benzene rings is 2. The molecule has 3 rings (SSSR count). The Balaban J connectivity index is 1.89. The van der Waals surface area contributed by atoms with Crippen molar-refractivity contribution in [2.24, 2.45) is 4.99 Å². The van der Waals surface area contributed by atoms with E-state index in [4.69, 9.17) is 24.2 Å². The lowest BCUT2D eigenvalue weighted by atomic mass is 10.1. The van der Waals surface area contributed by atoms with Crippen molar-refractivity contribution in [1.82, 2.24) is 0 Å². The van der Waals surface area contributed by atoms with Gasteiger partial charge in [0.15, 0.2) is 23.8 Å². The van der Waals surface area contributed by atoms with Gasteiger partial charge in [-0.1, -0.05) is 12.1 Å². The van der Waals surface area contributed by atoms with Gasteiger partial charge in [0.05, 0.1) is 14.2 Å². The van der Waals surface area contributed by atoms with Crippen molar-refractivity contribution < 1.29 is 23.7 Å². The first kappa shape index (κ1) is 18.0.